The Morgan fingerprint density at radius 3 is 1.76 bits per heavy atom. The van der Waals surface area contributed by atoms with Crippen LogP contribution in [0.2, 0.25) is 0 Å². The Bertz CT molecular complexity index is 2790. The fourth-order valence-corrected chi connectivity index (χ4v) is 8.89. The van der Waals surface area contributed by atoms with Crippen LogP contribution in [0.15, 0.2) is 187 Å². The zero-order chi connectivity index (χ0) is 36.9. The van der Waals surface area contributed by atoms with Crippen LogP contribution in [0.25, 0.3) is 69.2 Å². The van der Waals surface area contributed by atoms with Crippen LogP contribution in [-0.4, -0.2) is 0 Å². The smallest absolute Gasteiger partial charge is 0.0949 e. The summed E-state index contributed by atoms with van der Waals surface area (Å²) < 4.78 is 2.46. The first-order chi connectivity index (χ1) is 26.6. The third-order valence-electron chi connectivity index (χ3n) is 10.4. The van der Waals surface area contributed by atoms with E-state index in [-0.39, 0.29) is 0 Å². The molecule has 0 spiro atoms. The molecule has 0 radical (unpaired) electrons. The number of benzene rings is 8. The van der Waals surface area contributed by atoms with Crippen LogP contribution >= 0.6 is 11.3 Å². The zero-order valence-corrected chi connectivity index (χ0v) is 31.5. The molecule has 1 heterocycles. The third-order valence-corrected chi connectivity index (χ3v) is 11.6. The molecular formula is C51H42N2S. The average molecular weight is 715 g/mol. The summed E-state index contributed by atoms with van der Waals surface area (Å²) in [7, 11) is 0. The SMILES string of the molecule is CCC1C=CC=C(c2ccccc2)C1.Cc1ccc(-c2ccccc2)cc1.N=Nc1cc2c3ccccc3c3ccccc3c2c2sc3ccccc3c12. The van der Waals surface area contributed by atoms with Crippen molar-refractivity contribution in [2.75, 3.05) is 0 Å². The maximum atomic E-state index is 7.82. The highest BCUT2D eigenvalue weighted by Crippen LogP contribution is 2.48. The quantitative estimate of drug-likeness (QED) is 0.139. The number of nitrogens with one attached hydrogen (secondary N) is 1. The normalized spacial score (nSPS) is 13.7. The standard InChI is InChI=1S/C24H14N2S.C14H16.C13H12/c25-26-20-13-19-16-9-2-1-7-14(16)15-8-3-4-10-17(15)22(19)24-23(20)18-11-5-6-12-21(18)27-24;1-2-12-7-6-10-14(11-12)13-8-4-3-5-9-13;1-11-7-9-13(10-8-11)12-5-3-2-4-6-12/h1-13,25H;3-10,12H,2,11H2,1H3;2-10H,1H3. The van der Waals surface area contributed by atoms with Gasteiger partial charge in [0.2, 0.25) is 0 Å². The number of nitrogens with zero attached hydrogens (tertiary/aromatic N) is 1. The monoisotopic (exact) mass is 714 g/mol. The lowest BCUT2D eigenvalue weighted by Gasteiger charge is -2.16. The number of allylic oxidation sites excluding steroid dienone is 4. The highest BCUT2D eigenvalue weighted by molar-refractivity contribution is 7.27. The van der Waals surface area contributed by atoms with Gasteiger partial charge in [-0.2, -0.15) is 5.11 Å². The second-order valence-electron chi connectivity index (χ2n) is 13.9. The van der Waals surface area contributed by atoms with Crippen LogP contribution in [0.4, 0.5) is 5.69 Å². The van der Waals surface area contributed by atoms with Crippen molar-refractivity contribution in [1.82, 2.24) is 0 Å². The molecule has 10 rings (SSSR count). The lowest BCUT2D eigenvalue weighted by atomic mass is 9.89. The Morgan fingerprint density at radius 1 is 0.574 bits per heavy atom. The zero-order valence-electron chi connectivity index (χ0n) is 30.7. The Kier molecular flexibility index (Phi) is 10.2. The molecular weight excluding hydrogens is 673 g/mol. The van der Waals surface area contributed by atoms with E-state index in [9.17, 15) is 0 Å². The van der Waals surface area contributed by atoms with Crippen LogP contribution < -0.4 is 0 Å². The minimum Gasteiger partial charge on any atom is -0.204 e. The molecule has 1 N–H and O–H groups in total. The van der Waals surface area contributed by atoms with E-state index < -0.39 is 0 Å². The molecule has 2 nitrogen and oxygen atoms in total. The molecule has 1 aromatic heterocycles. The first kappa shape index (κ1) is 34.9. The Labute approximate surface area is 321 Å². The maximum Gasteiger partial charge on any atom is 0.0949 e. The highest BCUT2D eigenvalue weighted by Gasteiger charge is 2.17. The molecule has 1 atom stereocenters. The Hall–Kier alpha value is -6.16. The van der Waals surface area contributed by atoms with Crippen molar-refractivity contribution in [3.63, 3.8) is 0 Å². The largest absolute Gasteiger partial charge is 0.204 e. The van der Waals surface area contributed by atoms with Crippen molar-refractivity contribution in [1.29, 1.82) is 5.53 Å². The number of thiophene rings is 1. The van der Waals surface area contributed by atoms with Crippen LogP contribution in [-0.2, 0) is 0 Å². The molecule has 54 heavy (non-hydrogen) atoms. The number of hydrogen-bond acceptors (Lipinski definition) is 3. The molecule has 1 aliphatic rings. The Morgan fingerprint density at radius 2 is 1.11 bits per heavy atom. The Balaban J connectivity index is 0.000000129. The molecule has 3 heteroatoms. The second kappa shape index (κ2) is 15.8. The fourth-order valence-electron chi connectivity index (χ4n) is 7.61. The van der Waals surface area contributed by atoms with Gasteiger partial charge in [0.25, 0.3) is 0 Å². The topological polar surface area (TPSA) is 36.2 Å². The third kappa shape index (κ3) is 6.99. The van der Waals surface area contributed by atoms with E-state index >= 15 is 0 Å². The van der Waals surface area contributed by atoms with Gasteiger partial charge < -0.3 is 0 Å². The molecule has 0 saturated carbocycles. The molecule has 8 aromatic carbocycles. The van der Waals surface area contributed by atoms with Crippen molar-refractivity contribution in [3.8, 4) is 11.1 Å². The minimum atomic E-state index is 0.732. The average Bonchev–Trinajstić information content (AvgIpc) is 3.65. The summed E-state index contributed by atoms with van der Waals surface area (Å²) in [6.45, 7) is 4.36. The number of hydrogen-bond donors (Lipinski definition) is 1. The predicted octanol–water partition coefficient (Wildman–Crippen LogP) is 15.9. The van der Waals surface area contributed by atoms with Gasteiger partial charge in [-0.3, -0.25) is 0 Å². The summed E-state index contributed by atoms with van der Waals surface area (Å²) in [6, 6.07) is 57.4. The highest BCUT2D eigenvalue weighted by atomic mass is 32.1. The molecule has 0 saturated heterocycles. The van der Waals surface area contributed by atoms with E-state index in [1.54, 1.807) is 11.3 Å². The summed E-state index contributed by atoms with van der Waals surface area (Å²) in [4.78, 5) is 0. The van der Waals surface area contributed by atoms with Gasteiger partial charge in [0.1, 0.15) is 0 Å². The van der Waals surface area contributed by atoms with Gasteiger partial charge in [-0.25, -0.2) is 5.53 Å². The number of aryl methyl sites for hydroxylation is 1. The first-order valence-corrected chi connectivity index (χ1v) is 19.5. The molecule has 0 aliphatic heterocycles. The van der Waals surface area contributed by atoms with Crippen LogP contribution in [0.3, 0.4) is 0 Å². The summed E-state index contributed by atoms with van der Waals surface area (Å²) in [5.74, 6) is 0.732. The van der Waals surface area contributed by atoms with Gasteiger partial charge in [-0.1, -0.05) is 182 Å². The predicted molar refractivity (Wildman–Crippen MR) is 235 cm³/mol. The van der Waals surface area contributed by atoms with Gasteiger partial charge in [0.15, 0.2) is 0 Å². The minimum absolute atomic E-state index is 0.732. The molecule has 0 bridgehead atoms. The fraction of sp³-hybridized carbons (Fsp3) is 0.0980. The molecule has 0 fully saturated rings. The van der Waals surface area contributed by atoms with E-state index in [2.05, 4.69) is 195 Å². The van der Waals surface area contributed by atoms with Crippen LogP contribution in [0, 0.1) is 18.4 Å². The van der Waals surface area contributed by atoms with Crippen molar-refractivity contribution in [2.45, 2.75) is 26.7 Å². The van der Waals surface area contributed by atoms with Crippen molar-refractivity contribution in [3.05, 3.63) is 193 Å². The van der Waals surface area contributed by atoms with Crippen molar-refractivity contribution >= 4 is 75.1 Å². The molecule has 1 aliphatic carbocycles. The van der Waals surface area contributed by atoms with Gasteiger partial charge in [-0.15, -0.1) is 11.3 Å². The summed E-state index contributed by atoms with van der Waals surface area (Å²) >= 11 is 1.80. The van der Waals surface area contributed by atoms with Gasteiger partial charge >= 0.3 is 0 Å². The van der Waals surface area contributed by atoms with E-state index in [0.29, 0.717) is 0 Å². The number of rotatable bonds is 4. The van der Waals surface area contributed by atoms with E-state index in [0.717, 1.165) is 17.0 Å². The van der Waals surface area contributed by atoms with Gasteiger partial charge in [-0.05, 0) is 87.0 Å². The molecule has 0 amide bonds. The van der Waals surface area contributed by atoms with E-state index in [4.69, 9.17) is 5.53 Å². The molecule has 262 valence electrons. The van der Waals surface area contributed by atoms with Crippen molar-refractivity contribution < 1.29 is 0 Å². The number of fused-ring (bicyclic) bond motifs is 10. The summed E-state index contributed by atoms with van der Waals surface area (Å²) in [5.41, 5.74) is 15.3. The van der Waals surface area contributed by atoms with Gasteiger partial charge in [0, 0.05) is 25.6 Å². The van der Waals surface area contributed by atoms with Crippen LogP contribution in [0.5, 0.6) is 0 Å². The lowest BCUT2D eigenvalue weighted by Crippen LogP contribution is -1.99. The molecule has 1 unspecified atom stereocenters. The maximum absolute atomic E-state index is 7.82. The van der Waals surface area contributed by atoms with Crippen LogP contribution in [0.1, 0.15) is 30.9 Å². The van der Waals surface area contributed by atoms with E-state index in [1.165, 1.54) is 87.8 Å². The molecule has 9 aromatic rings. The lowest BCUT2D eigenvalue weighted by molar-refractivity contribution is 0.642. The van der Waals surface area contributed by atoms with Gasteiger partial charge in [0.05, 0.1) is 5.69 Å². The summed E-state index contributed by atoms with van der Waals surface area (Å²) in [5, 5.41) is 13.6. The van der Waals surface area contributed by atoms with Crippen molar-refractivity contribution in [2.24, 2.45) is 11.0 Å². The second-order valence-corrected chi connectivity index (χ2v) is 14.9. The first-order valence-electron chi connectivity index (χ1n) is 18.7. The summed E-state index contributed by atoms with van der Waals surface area (Å²) in [6.07, 6.45) is 9.17. The van der Waals surface area contributed by atoms with E-state index in [1.807, 2.05) is 6.07 Å².